The Bertz CT molecular complexity index is 755. The molecule has 0 radical (unpaired) electrons. The Balaban J connectivity index is 1.94. The molecule has 0 unspecified atom stereocenters. The van der Waals surface area contributed by atoms with Crippen molar-refractivity contribution >= 4 is 44.0 Å². The molecular weight excluding hydrogens is 304 g/mol. The monoisotopic (exact) mass is 318 g/mol. The maximum Gasteiger partial charge on any atom is 0.190 e. The van der Waals surface area contributed by atoms with Gasteiger partial charge in [0.2, 0.25) is 0 Å². The van der Waals surface area contributed by atoms with Crippen LogP contribution in [0.2, 0.25) is 5.02 Å². The second kappa shape index (κ2) is 5.92. The molecule has 1 aromatic heterocycles. The fourth-order valence-corrected chi connectivity index (χ4v) is 3.17. The van der Waals surface area contributed by atoms with E-state index in [0.29, 0.717) is 6.61 Å². The summed E-state index contributed by atoms with van der Waals surface area (Å²) >= 11 is 7.57. The molecule has 0 aliphatic rings. The van der Waals surface area contributed by atoms with Crippen LogP contribution in [-0.4, -0.2) is 18.6 Å². The van der Waals surface area contributed by atoms with Gasteiger partial charge in [0.15, 0.2) is 5.13 Å². The third-order valence-corrected chi connectivity index (χ3v) is 4.51. The molecule has 21 heavy (non-hydrogen) atoms. The average molecular weight is 319 g/mol. The topological polar surface area (TPSA) is 25.4 Å². The number of hydrogen-bond donors (Lipinski definition) is 0. The van der Waals surface area contributed by atoms with Crippen LogP contribution in [0, 0.1) is 0 Å². The van der Waals surface area contributed by atoms with Gasteiger partial charge in [0.1, 0.15) is 5.75 Å². The third kappa shape index (κ3) is 2.96. The molecule has 3 rings (SSSR count). The molecule has 0 atom stereocenters. The van der Waals surface area contributed by atoms with Crippen LogP contribution >= 0.6 is 22.9 Å². The van der Waals surface area contributed by atoms with Crippen molar-refractivity contribution in [3.8, 4) is 5.75 Å². The van der Waals surface area contributed by atoms with Crippen molar-refractivity contribution in [3.63, 3.8) is 0 Å². The Morgan fingerprint density at radius 1 is 1.19 bits per heavy atom. The van der Waals surface area contributed by atoms with E-state index in [9.17, 15) is 0 Å². The summed E-state index contributed by atoms with van der Waals surface area (Å²) in [6.45, 7) is 2.65. The predicted molar refractivity (Wildman–Crippen MR) is 90.3 cm³/mol. The van der Waals surface area contributed by atoms with E-state index in [1.807, 2.05) is 56.4 Å². The normalized spacial score (nSPS) is 10.8. The zero-order valence-electron chi connectivity index (χ0n) is 11.8. The van der Waals surface area contributed by atoms with Crippen molar-refractivity contribution in [1.29, 1.82) is 0 Å². The molecule has 108 valence electrons. The molecule has 0 amide bonds. The maximum absolute atomic E-state index is 5.93. The molecule has 0 bridgehead atoms. The molecule has 0 spiro atoms. The molecule has 0 saturated heterocycles. The van der Waals surface area contributed by atoms with Crippen molar-refractivity contribution in [3.05, 3.63) is 47.5 Å². The minimum absolute atomic E-state index is 0.668. The first kappa shape index (κ1) is 14.2. The summed E-state index contributed by atoms with van der Waals surface area (Å²) in [5.41, 5.74) is 2.04. The van der Waals surface area contributed by atoms with Gasteiger partial charge in [-0.25, -0.2) is 4.98 Å². The number of benzene rings is 2. The molecule has 0 fully saturated rings. The van der Waals surface area contributed by atoms with Crippen LogP contribution in [0.1, 0.15) is 6.92 Å². The lowest BCUT2D eigenvalue weighted by atomic mass is 10.3. The van der Waals surface area contributed by atoms with Gasteiger partial charge in [0.05, 0.1) is 16.8 Å². The Kier molecular flexibility index (Phi) is 3.99. The van der Waals surface area contributed by atoms with Crippen molar-refractivity contribution in [2.45, 2.75) is 6.92 Å². The van der Waals surface area contributed by atoms with Gasteiger partial charge in [-0.15, -0.1) is 0 Å². The molecule has 1 heterocycles. The van der Waals surface area contributed by atoms with Gasteiger partial charge in [-0.2, -0.15) is 0 Å². The lowest BCUT2D eigenvalue weighted by Crippen LogP contribution is -2.08. The number of halogens is 1. The molecule has 0 aliphatic heterocycles. The summed E-state index contributed by atoms with van der Waals surface area (Å²) in [6, 6.07) is 13.7. The summed E-state index contributed by atoms with van der Waals surface area (Å²) in [6.07, 6.45) is 0. The minimum Gasteiger partial charge on any atom is -0.494 e. The Morgan fingerprint density at radius 2 is 1.95 bits per heavy atom. The van der Waals surface area contributed by atoms with Gasteiger partial charge in [-0.05, 0) is 49.4 Å². The molecule has 0 N–H and O–H groups in total. The van der Waals surface area contributed by atoms with Crippen molar-refractivity contribution in [1.82, 2.24) is 4.98 Å². The third-order valence-electron chi connectivity index (χ3n) is 3.16. The predicted octanol–water partition coefficient (Wildman–Crippen LogP) is 5.12. The second-order valence-corrected chi connectivity index (χ2v) is 6.04. The zero-order chi connectivity index (χ0) is 14.8. The summed E-state index contributed by atoms with van der Waals surface area (Å²) in [7, 11) is 2.00. The standard InChI is InChI=1S/C16H15ClN2OS/c1-3-20-13-8-9-14-15(10-13)21-16(18-14)19(2)12-6-4-11(17)5-7-12/h4-10H,3H2,1-2H3. The SMILES string of the molecule is CCOc1ccc2nc(N(C)c3ccc(Cl)cc3)sc2c1. The molecule has 3 nitrogen and oxygen atoms in total. The first-order valence-corrected chi connectivity index (χ1v) is 7.89. The number of rotatable bonds is 4. The van der Waals surface area contributed by atoms with Crippen LogP contribution in [0.3, 0.4) is 0 Å². The fourth-order valence-electron chi connectivity index (χ4n) is 2.07. The highest BCUT2D eigenvalue weighted by Gasteiger charge is 2.11. The second-order valence-electron chi connectivity index (χ2n) is 4.59. The van der Waals surface area contributed by atoms with Crippen LogP contribution < -0.4 is 9.64 Å². The van der Waals surface area contributed by atoms with E-state index in [1.54, 1.807) is 11.3 Å². The van der Waals surface area contributed by atoms with E-state index < -0.39 is 0 Å². The van der Waals surface area contributed by atoms with E-state index in [2.05, 4.69) is 9.88 Å². The van der Waals surface area contributed by atoms with Crippen LogP contribution in [0.15, 0.2) is 42.5 Å². The quantitative estimate of drug-likeness (QED) is 0.668. The van der Waals surface area contributed by atoms with Crippen molar-refractivity contribution < 1.29 is 4.74 Å². The highest BCUT2D eigenvalue weighted by molar-refractivity contribution is 7.22. The zero-order valence-corrected chi connectivity index (χ0v) is 13.4. The Labute approximate surface area is 132 Å². The molecule has 3 aromatic rings. The summed E-state index contributed by atoms with van der Waals surface area (Å²) in [5, 5.41) is 1.68. The van der Waals surface area contributed by atoms with E-state index in [1.165, 1.54) is 0 Å². The van der Waals surface area contributed by atoms with Gasteiger partial charge in [0.25, 0.3) is 0 Å². The van der Waals surface area contributed by atoms with E-state index in [4.69, 9.17) is 16.3 Å². The van der Waals surface area contributed by atoms with Gasteiger partial charge in [0, 0.05) is 17.8 Å². The highest BCUT2D eigenvalue weighted by atomic mass is 35.5. The highest BCUT2D eigenvalue weighted by Crippen LogP contribution is 2.34. The van der Waals surface area contributed by atoms with Crippen LogP contribution in [0.4, 0.5) is 10.8 Å². The molecular formula is C16H15ClN2OS. The minimum atomic E-state index is 0.668. The number of ether oxygens (including phenoxy) is 1. The van der Waals surface area contributed by atoms with E-state index in [0.717, 1.165) is 31.8 Å². The lowest BCUT2D eigenvalue weighted by Gasteiger charge is -2.15. The summed E-state index contributed by atoms with van der Waals surface area (Å²) in [5.74, 6) is 0.884. The van der Waals surface area contributed by atoms with Gasteiger partial charge < -0.3 is 9.64 Å². The largest absolute Gasteiger partial charge is 0.494 e. The van der Waals surface area contributed by atoms with Gasteiger partial charge in [-0.1, -0.05) is 22.9 Å². The molecule has 0 aliphatic carbocycles. The van der Waals surface area contributed by atoms with Crippen molar-refractivity contribution in [2.24, 2.45) is 0 Å². The summed E-state index contributed by atoms with van der Waals surface area (Å²) in [4.78, 5) is 6.73. The molecule has 5 heteroatoms. The number of anilines is 2. The summed E-state index contributed by atoms with van der Waals surface area (Å²) < 4.78 is 6.65. The Morgan fingerprint density at radius 3 is 2.67 bits per heavy atom. The Hall–Kier alpha value is -1.78. The van der Waals surface area contributed by atoms with Crippen LogP contribution in [0.5, 0.6) is 5.75 Å². The van der Waals surface area contributed by atoms with Crippen LogP contribution in [-0.2, 0) is 0 Å². The number of aromatic nitrogens is 1. The first-order chi connectivity index (χ1) is 10.2. The van der Waals surface area contributed by atoms with E-state index in [-0.39, 0.29) is 0 Å². The maximum atomic E-state index is 5.93. The number of nitrogens with zero attached hydrogens (tertiary/aromatic N) is 2. The first-order valence-electron chi connectivity index (χ1n) is 6.70. The number of hydrogen-bond acceptors (Lipinski definition) is 4. The van der Waals surface area contributed by atoms with Crippen LogP contribution in [0.25, 0.3) is 10.2 Å². The smallest absolute Gasteiger partial charge is 0.190 e. The van der Waals surface area contributed by atoms with E-state index >= 15 is 0 Å². The van der Waals surface area contributed by atoms with Crippen molar-refractivity contribution in [2.75, 3.05) is 18.6 Å². The number of fused-ring (bicyclic) bond motifs is 1. The lowest BCUT2D eigenvalue weighted by molar-refractivity contribution is 0.341. The fraction of sp³-hybridized carbons (Fsp3) is 0.188. The number of thiazole rings is 1. The molecule has 2 aromatic carbocycles. The average Bonchev–Trinajstić information content (AvgIpc) is 2.91. The van der Waals surface area contributed by atoms with Gasteiger partial charge in [-0.3, -0.25) is 0 Å². The molecule has 0 saturated carbocycles. The van der Waals surface area contributed by atoms with Gasteiger partial charge >= 0.3 is 0 Å².